The lowest BCUT2D eigenvalue weighted by Gasteiger charge is -2.46. The molecule has 0 amide bonds. The van der Waals surface area contributed by atoms with E-state index < -0.39 is 5.72 Å². The van der Waals surface area contributed by atoms with Crippen LogP contribution in [0.5, 0.6) is 23.0 Å². The minimum atomic E-state index is -0.822. The van der Waals surface area contributed by atoms with Gasteiger partial charge in [0.25, 0.3) is 0 Å². The first-order valence-corrected chi connectivity index (χ1v) is 11.3. The van der Waals surface area contributed by atoms with Crippen LogP contribution in [0.15, 0.2) is 24.3 Å². The molecule has 0 fully saturated rings. The molecule has 1 spiro atoms. The maximum Gasteiger partial charge on any atom is 0.231 e. The Bertz CT molecular complexity index is 1120. The minimum Gasteiger partial charge on any atom is -0.484 e. The Morgan fingerprint density at radius 3 is 1.90 bits per heavy atom. The largest absolute Gasteiger partial charge is 0.484 e. The van der Waals surface area contributed by atoms with E-state index in [2.05, 4.69) is 52.0 Å². The first-order valence-electron chi connectivity index (χ1n) is 11.3. The summed E-state index contributed by atoms with van der Waals surface area (Å²) in [5, 5.41) is 0. The molecule has 6 rings (SSSR count). The number of rotatable bonds is 0. The molecule has 2 aliphatic heterocycles. The predicted molar refractivity (Wildman–Crippen MR) is 118 cm³/mol. The Labute approximate surface area is 183 Å². The third-order valence-corrected chi connectivity index (χ3v) is 7.86. The summed E-state index contributed by atoms with van der Waals surface area (Å²) < 4.78 is 23.7. The van der Waals surface area contributed by atoms with Gasteiger partial charge in [-0.15, -0.1) is 0 Å². The van der Waals surface area contributed by atoms with E-state index >= 15 is 0 Å². The van der Waals surface area contributed by atoms with Crippen LogP contribution in [0.4, 0.5) is 0 Å². The Kier molecular flexibility index (Phi) is 3.54. The summed E-state index contributed by atoms with van der Waals surface area (Å²) in [4.78, 5) is 0. The smallest absolute Gasteiger partial charge is 0.231 e. The number of hydrogen-bond donors (Lipinski definition) is 1. The average Bonchev–Trinajstić information content (AvgIpc) is 3.23. The van der Waals surface area contributed by atoms with Crippen LogP contribution in [0.25, 0.3) is 0 Å². The fourth-order valence-electron chi connectivity index (χ4n) is 6.31. The number of benzene rings is 2. The zero-order chi connectivity index (χ0) is 21.8. The lowest BCUT2D eigenvalue weighted by atomic mass is 9.59. The lowest BCUT2D eigenvalue weighted by Crippen LogP contribution is -2.50. The maximum absolute atomic E-state index is 6.27. The molecule has 0 radical (unpaired) electrons. The van der Waals surface area contributed by atoms with E-state index in [1.165, 1.54) is 22.3 Å². The topological polar surface area (TPSA) is 62.9 Å². The summed E-state index contributed by atoms with van der Waals surface area (Å²) in [5.41, 5.74) is 10.9. The van der Waals surface area contributed by atoms with Gasteiger partial charge >= 0.3 is 0 Å². The molecule has 2 atom stereocenters. The van der Waals surface area contributed by atoms with Crippen LogP contribution >= 0.6 is 0 Å². The van der Waals surface area contributed by atoms with E-state index in [0.29, 0.717) is 13.4 Å². The van der Waals surface area contributed by atoms with E-state index in [-0.39, 0.29) is 16.2 Å². The molecule has 2 unspecified atom stereocenters. The van der Waals surface area contributed by atoms with Crippen LogP contribution in [0.2, 0.25) is 0 Å². The van der Waals surface area contributed by atoms with E-state index in [0.717, 1.165) is 42.3 Å². The van der Waals surface area contributed by atoms with Gasteiger partial charge in [0.1, 0.15) is 6.61 Å². The molecule has 4 aliphatic rings. The molecule has 2 N–H and O–H groups in total. The van der Waals surface area contributed by atoms with Crippen LogP contribution in [0.1, 0.15) is 76.1 Å². The Morgan fingerprint density at radius 2 is 1.23 bits per heavy atom. The highest BCUT2D eigenvalue weighted by molar-refractivity contribution is 5.64. The van der Waals surface area contributed by atoms with Crippen molar-refractivity contribution in [3.8, 4) is 23.0 Å². The van der Waals surface area contributed by atoms with Gasteiger partial charge in [0.2, 0.25) is 6.79 Å². The summed E-state index contributed by atoms with van der Waals surface area (Å²) >= 11 is 0. The predicted octanol–water partition coefficient (Wildman–Crippen LogP) is 4.90. The van der Waals surface area contributed by atoms with Gasteiger partial charge in [0.05, 0.1) is 0 Å². The van der Waals surface area contributed by atoms with Gasteiger partial charge in [-0.3, -0.25) is 5.73 Å². The van der Waals surface area contributed by atoms with Crippen molar-refractivity contribution in [2.75, 3.05) is 13.4 Å². The molecule has 2 aromatic carbocycles. The molecule has 5 nitrogen and oxygen atoms in total. The monoisotopic (exact) mass is 421 g/mol. The molecule has 0 bridgehead atoms. The first kappa shape index (κ1) is 19.3. The van der Waals surface area contributed by atoms with Gasteiger partial charge in [-0.25, -0.2) is 0 Å². The number of hydrogen-bond acceptors (Lipinski definition) is 5. The minimum absolute atomic E-state index is 0.0324. The van der Waals surface area contributed by atoms with Crippen LogP contribution in [-0.4, -0.2) is 19.1 Å². The van der Waals surface area contributed by atoms with Crippen molar-refractivity contribution in [2.45, 2.75) is 75.9 Å². The van der Waals surface area contributed by atoms with Crippen molar-refractivity contribution >= 4 is 0 Å². The highest BCUT2D eigenvalue weighted by atomic mass is 16.7. The molecule has 5 heteroatoms. The van der Waals surface area contributed by atoms with Crippen molar-refractivity contribution in [3.05, 3.63) is 46.5 Å². The van der Waals surface area contributed by atoms with Gasteiger partial charge in [-0.2, -0.15) is 0 Å². The molecular formula is C26H31NO4. The van der Waals surface area contributed by atoms with Crippen molar-refractivity contribution in [1.29, 1.82) is 0 Å². The molecule has 0 aromatic heterocycles. The van der Waals surface area contributed by atoms with Gasteiger partial charge in [0, 0.05) is 5.41 Å². The highest BCUT2D eigenvalue weighted by Crippen LogP contribution is 2.62. The molecule has 2 aliphatic carbocycles. The summed E-state index contributed by atoms with van der Waals surface area (Å²) in [6.45, 7) is 11.9. The van der Waals surface area contributed by atoms with Crippen LogP contribution in [0.3, 0.4) is 0 Å². The van der Waals surface area contributed by atoms with Gasteiger partial charge in [-0.05, 0) is 83.5 Å². The molecule has 0 saturated carbocycles. The average molecular weight is 422 g/mol. The zero-order valence-electron chi connectivity index (χ0n) is 19.1. The Morgan fingerprint density at radius 1 is 0.677 bits per heavy atom. The molecule has 0 saturated heterocycles. The van der Waals surface area contributed by atoms with Gasteiger partial charge < -0.3 is 18.9 Å². The SMILES string of the molecule is CC1(N)COc2cc3c(cc2O1)C1(CCC3(C)C)CC(C)(C)c2cc3c(cc21)OCO3. The standard InChI is InChI=1S/C26H31NO4/c1-23(2)6-7-26(18-11-22-21(8-15(18)23)28-13-25(5,27)31-22)12-24(3,4)16-9-19-20(10-17(16)26)30-14-29-19/h8-11H,6-7,12-14,27H2,1-5H3. The van der Waals surface area contributed by atoms with E-state index in [1.807, 2.05) is 6.92 Å². The maximum atomic E-state index is 6.27. The Hall–Kier alpha value is -2.40. The van der Waals surface area contributed by atoms with Crippen molar-refractivity contribution in [3.63, 3.8) is 0 Å². The second kappa shape index (κ2) is 5.69. The fraction of sp³-hybridized carbons (Fsp3) is 0.538. The van der Waals surface area contributed by atoms with E-state index in [1.54, 1.807) is 0 Å². The summed E-state index contributed by atoms with van der Waals surface area (Å²) in [5.74, 6) is 3.27. The number of ether oxygens (including phenoxy) is 4. The van der Waals surface area contributed by atoms with Crippen LogP contribution < -0.4 is 24.7 Å². The second-order valence-corrected chi connectivity index (χ2v) is 11.3. The number of fused-ring (bicyclic) bond motifs is 6. The third kappa shape index (κ3) is 2.59. The first-order chi connectivity index (χ1) is 14.5. The van der Waals surface area contributed by atoms with Crippen LogP contribution in [-0.2, 0) is 16.2 Å². The van der Waals surface area contributed by atoms with Crippen molar-refractivity contribution in [2.24, 2.45) is 5.73 Å². The van der Waals surface area contributed by atoms with Crippen molar-refractivity contribution < 1.29 is 18.9 Å². The van der Waals surface area contributed by atoms with Gasteiger partial charge in [-0.1, -0.05) is 27.7 Å². The number of nitrogens with two attached hydrogens (primary N) is 1. The summed E-state index contributed by atoms with van der Waals surface area (Å²) in [6.07, 6.45) is 3.24. The molecule has 2 heterocycles. The zero-order valence-corrected chi connectivity index (χ0v) is 19.1. The molecular weight excluding hydrogens is 390 g/mol. The fourth-order valence-corrected chi connectivity index (χ4v) is 6.31. The lowest BCUT2D eigenvalue weighted by molar-refractivity contribution is 0.0108. The van der Waals surface area contributed by atoms with Gasteiger partial charge in [0.15, 0.2) is 28.7 Å². The quantitative estimate of drug-likeness (QED) is 0.656. The highest BCUT2D eigenvalue weighted by Gasteiger charge is 2.54. The third-order valence-electron chi connectivity index (χ3n) is 7.86. The summed E-state index contributed by atoms with van der Waals surface area (Å²) in [7, 11) is 0. The molecule has 2 aromatic rings. The molecule has 164 valence electrons. The van der Waals surface area contributed by atoms with Crippen molar-refractivity contribution in [1.82, 2.24) is 0 Å². The second-order valence-electron chi connectivity index (χ2n) is 11.3. The molecule has 31 heavy (non-hydrogen) atoms. The van der Waals surface area contributed by atoms with E-state index in [4.69, 9.17) is 24.7 Å². The Balaban J connectivity index is 1.61. The summed E-state index contributed by atoms with van der Waals surface area (Å²) in [6, 6.07) is 8.86. The normalized spacial score (nSPS) is 30.8. The van der Waals surface area contributed by atoms with Crippen LogP contribution in [0, 0.1) is 0 Å². The van der Waals surface area contributed by atoms with E-state index in [9.17, 15) is 0 Å².